The van der Waals surface area contributed by atoms with Crippen molar-refractivity contribution in [2.45, 2.75) is 64.6 Å². The molecule has 2 fully saturated rings. The van der Waals surface area contributed by atoms with Gasteiger partial charge in [0.05, 0.1) is 17.4 Å². The Hall–Kier alpha value is -2.60. The highest BCUT2D eigenvalue weighted by Crippen LogP contribution is 2.46. The Morgan fingerprint density at radius 3 is 2.74 bits per heavy atom. The van der Waals surface area contributed by atoms with Crippen LogP contribution in [0.25, 0.3) is 20.8 Å². The van der Waals surface area contributed by atoms with E-state index in [0.717, 1.165) is 61.2 Å². The van der Waals surface area contributed by atoms with E-state index in [9.17, 15) is 9.59 Å². The minimum atomic E-state index is -0.547. The molecule has 39 heavy (non-hydrogen) atoms. The molecule has 1 saturated heterocycles. The molecule has 2 unspecified atom stereocenters. The van der Waals surface area contributed by atoms with Crippen LogP contribution in [-0.2, 0) is 22.5 Å². The number of carbonyl (C=O) groups excluding carboxylic acids is 2. The fraction of sp³-hybridized carbons (Fsp3) is 0.571. The molecule has 6 rings (SSSR count). The van der Waals surface area contributed by atoms with Crippen LogP contribution in [0.2, 0.25) is 0 Å². The molecule has 1 aliphatic carbocycles. The van der Waals surface area contributed by atoms with Gasteiger partial charge >= 0.3 is 6.09 Å². The summed E-state index contributed by atoms with van der Waals surface area (Å²) in [6.45, 7) is 9.59. The van der Waals surface area contributed by atoms with Gasteiger partial charge in [-0.05, 0) is 76.6 Å². The molecule has 5 heterocycles. The van der Waals surface area contributed by atoms with Crippen LogP contribution in [0.1, 0.15) is 50.5 Å². The van der Waals surface area contributed by atoms with Gasteiger partial charge in [-0.15, -0.1) is 22.7 Å². The van der Waals surface area contributed by atoms with E-state index < -0.39 is 5.60 Å². The van der Waals surface area contributed by atoms with Crippen LogP contribution >= 0.6 is 22.7 Å². The largest absolute Gasteiger partial charge is 0.444 e. The smallest absolute Gasteiger partial charge is 0.410 e. The molecule has 1 saturated carbocycles. The van der Waals surface area contributed by atoms with Gasteiger partial charge < -0.3 is 25.6 Å². The summed E-state index contributed by atoms with van der Waals surface area (Å²) in [5.74, 6) is 1.55. The first-order chi connectivity index (χ1) is 18.7. The molecule has 2 aliphatic heterocycles. The molecule has 3 aromatic heterocycles. The number of nitrogens with zero attached hydrogens (tertiary/aromatic N) is 3. The number of hydrogen-bond donors (Lipinski definition) is 3. The Kier molecular flexibility index (Phi) is 7.34. The maximum Gasteiger partial charge on any atom is 0.410 e. The number of anilines is 1. The van der Waals surface area contributed by atoms with Crippen LogP contribution in [0.3, 0.4) is 0 Å². The van der Waals surface area contributed by atoms with Gasteiger partial charge in [0.15, 0.2) is 0 Å². The minimum Gasteiger partial charge on any atom is -0.444 e. The first-order valence-electron chi connectivity index (χ1n) is 13.8. The third-order valence-corrected chi connectivity index (χ3v) is 9.99. The van der Waals surface area contributed by atoms with Gasteiger partial charge in [-0.2, -0.15) is 0 Å². The Bertz CT molecular complexity index is 1330. The molecular weight excluding hydrogens is 532 g/mol. The van der Waals surface area contributed by atoms with Crippen LogP contribution in [0.15, 0.2) is 18.5 Å². The van der Waals surface area contributed by atoms with Crippen molar-refractivity contribution in [1.82, 2.24) is 25.5 Å². The lowest BCUT2D eigenvalue weighted by Crippen LogP contribution is -2.39. The van der Waals surface area contributed by atoms with E-state index in [1.807, 2.05) is 26.8 Å². The number of nitrogens with one attached hydrogen (secondary N) is 3. The van der Waals surface area contributed by atoms with Gasteiger partial charge in [0.25, 0.3) is 0 Å². The maximum absolute atomic E-state index is 13.1. The molecule has 2 atom stereocenters. The highest BCUT2D eigenvalue weighted by Gasteiger charge is 2.37. The van der Waals surface area contributed by atoms with Gasteiger partial charge in [-0.3, -0.25) is 9.78 Å². The van der Waals surface area contributed by atoms with Crippen molar-refractivity contribution < 1.29 is 14.3 Å². The summed E-state index contributed by atoms with van der Waals surface area (Å²) in [5, 5.41) is 12.0. The predicted molar refractivity (Wildman–Crippen MR) is 155 cm³/mol. The first-order valence-corrected chi connectivity index (χ1v) is 15.4. The van der Waals surface area contributed by atoms with E-state index in [-0.39, 0.29) is 12.0 Å². The summed E-state index contributed by atoms with van der Waals surface area (Å²) in [6, 6.07) is 2.48. The number of carbonyl (C=O) groups is 2. The zero-order valence-corrected chi connectivity index (χ0v) is 24.3. The molecule has 208 valence electrons. The second-order valence-corrected chi connectivity index (χ2v) is 14.0. The second kappa shape index (κ2) is 10.8. The summed E-state index contributed by atoms with van der Waals surface area (Å²) in [7, 11) is 0. The number of rotatable bonds is 6. The number of hydrogen-bond acceptors (Lipinski definition) is 9. The summed E-state index contributed by atoms with van der Waals surface area (Å²) in [5.41, 5.74) is 2.44. The number of ether oxygens (including phenoxy) is 1. The van der Waals surface area contributed by atoms with Crippen molar-refractivity contribution in [2.24, 2.45) is 11.8 Å². The van der Waals surface area contributed by atoms with Gasteiger partial charge in [0.2, 0.25) is 5.91 Å². The molecule has 9 nitrogen and oxygen atoms in total. The summed E-state index contributed by atoms with van der Waals surface area (Å²) < 4.78 is 6.68. The zero-order chi connectivity index (χ0) is 27.1. The average Bonchev–Trinajstić information content (AvgIpc) is 3.63. The van der Waals surface area contributed by atoms with E-state index in [1.165, 1.54) is 12.8 Å². The third kappa shape index (κ3) is 5.82. The topological polar surface area (TPSA) is 108 Å². The molecule has 3 aliphatic rings. The number of fused-ring (bicyclic) bond motifs is 3. The third-order valence-electron chi connectivity index (χ3n) is 7.80. The SMILES string of the molecule is CC(C)(C)OC(=O)N1CCc2c(sc(NC(=O)CCNC3CC4CNCC4C3)c2-c2nc3cnccc3s2)C1. The van der Waals surface area contributed by atoms with Crippen molar-refractivity contribution in [2.75, 3.05) is 31.5 Å². The van der Waals surface area contributed by atoms with E-state index in [2.05, 4.69) is 20.9 Å². The van der Waals surface area contributed by atoms with E-state index >= 15 is 0 Å². The zero-order valence-electron chi connectivity index (χ0n) is 22.7. The van der Waals surface area contributed by atoms with Crippen LogP contribution in [-0.4, -0.2) is 64.7 Å². The normalized spacial score (nSPS) is 22.6. The van der Waals surface area contributed by atoms with Crippen LogP contribution < -0.4 is 16.0 Å². The van der Waals surface area contributed by atoms with Crippen molar-refractivity contribution in [3.8, 4) is 10.6 Å². The van der Waals surface area contributed by atoms with Gasteiger partial charge in [-0.1, -0.05) is 0 Å². The van der Waals surface area contributed by atoms with Gasteiger partial charge in [0, 0.05) is 42.2 Å². The van der Waals surface area contributed by atoms with E-state index in [0.29, 0.717) is 38.5 Å². The summed E-state index contributed by atoms with van der Waals surface area (Å²) in [6.07, 6.45) is 6.73. The number of pyridine rings is 1. The molecule has 0 spiro atoms. The minimum absolute atomic E-state index is 0.00557. The van der Waals surface area contributed by atoms with E-state index in [4.69, 9.17) is 9.72 Å². The Balaban J connectivity index is 1.19. The van der Waals surface area contributed by atoms with Crippen molar-refractivity contribution >= 4 is 49.9 Å². The molecule has 3 N–H and O–H groups in total. The predicted octanol–water partition coefficient (Wildman–Crippen LogP) is 4.63. The summed E-state index contributed by atoms with van der Waals surface area (Å²) in [4.78, 5) is 37.8. The second-order valence-electron chi connectivity index (χ2n) is 11.8. The Labute approximate surface area is 236 Å². The number of amides is 2. The number of thiazole rings is 1. The fourth-order valence-electron chi connectivity index (χ4n) is 6.00. The van der Waals surface area contributed by atoms with Crippen molar-refractivity contribution in [3.63, 3.8) is 0 Å². The van der Waals surface area contributed by atoms with Gasteiger partial charge in [-0.25, -0.2) is 9.78 Å². The molecule has 2 amide bonds. The highest BCUT2D eigenvalue weighted by atomic mass is 32.1. The van der Waals surface area contributed by atoms with Crippen molar-refractivity contribution in [3.05, 3.63) is 28.9 Å². The number of thiophene rings is 1. The molecule has 0 aromatic carbocycles. The Morgan fingerprint density at radius 2 is 2.00 bits per heavy atom. The fourth-order valence-corrected chi connectivity index (χ4v) is 8.36. The molecule has 3 aromatic rings. The van der Waals surface area contributed by atoms with Crippen LogP contribution in [0.4, 0.5) is 9.80 Å². The maximum atomic E-state index is 13.1. The standard InChI is InChI=1S/C28H36N6O3S2/c1-28(2,3)37-27(36)34-9-6-19-22(15-34)39-26(24(19)25-32-20-14-29-7-4-21(20)38-25)33-23(35)5-8-31-18-10-16-12-30-13-17(16)11-18/h4,7,14,16-18,30-31H,5-6,8-13,15H2,1-3H3,(H,33,35). The quantitative estimate of drug-likeness (QED) is 0.398. The van der Waals surface area contributed by atoms with Crippen molar-refractivity contribution in [1.29, 1.82) is 0 Å². The molecular formula is C28H36N6O3S2. The van der Waals surface area contributed by atoms with Gasteiger partial charge in [0.1, 0.15) is 21.1 Å². The monoisotopic (exact) mass is 568 g/mol. The molecule has 0 bridgehead atoms. The lowest BCUT2D eigenvalue weighted by molar-refractivity contribution is -0.116. The lowest BCUT2D eigenvalue weighted by atomic mass is 10.0. The highest BCUT2D eigenvalue weighted by molar-refractivity contribution is 7.22. The summed E-state index contributed by atoms with van der Waals surface area (Å²) >= 11 is 3.15. The molecule has 0 radical (unpaired) electrons. The average molecular weight is 569 g/mol. The van der Waals surface area contributed by atoms with E-state index in [1.54, 1.807) is 40.0 Å². The lowest BCUT2D eigenvalue weighted by Gasteiger charge is -2.30. The Morgan fingerprint density at radius 1 is 1.21 bits per heavy atom. The van der Waals surface area contributed by atoms with Crippen LogP contribution in [0.5, 0.6) is 0 Å². The van der Waals surface area contributed by atoms with Crippen LogP contribution in [0, 0.1) is 11.8 Å². The number of aromatic nitrogens is 2. The first kappa shape index (κ1) is 26.6. The molecule has 11 heteroatoms.